The summed E-state index contributed by atoms with van der Waals surface area (Å²) in [6.07, 6.45) is 3.72. The Morgan fingerprint density at radius 3 is 2.81 bits per heavy atom. The van der Waals surface area contributed by atoms with Gasteiger partial charge >= 0.3 is 6.03 Å². The maximum atomic E-state index is 12.2. The molecule has 1 aromatic carbocycles. The zero-order chi connectivity index (χ0) is 15.4. The van der Waals surface area contributed by atoms with Crippen molar-refractivity contribution in [2.24, 2.45) is 5.92 Å². The largest absolute Gasteiger partial charge is 0.393 e. The second-order valence-electron chi connectivity index (χ2n) is 5.91. The molecule has 116 valence electrons. The molecule has 0 saturated heterocycles. The minimum atomic E-state index is -0.294. The van der Waals surface area contributed by atoms with Crippen LogP contribution in [0.3, 0.4) is 0 Å². The molecule has 5 heteroatoms. The molecule has 2 rings (SSSR count). The Hall–Kier alpha value is -1.26. The molecular formula is C16H23ClN2O2. The number of amides is 2. The zero-order valence-electron chi connectivity index (χ0n) is 12.6. The second-order valence-corrected chi connectivity index (χ2v) is 6.31. The van der Waals surface area contributed by atoms with Crippen molar-refractivity contribution in [2.45, 2.75) is 38.7 Å². The van der Waals surface area contributed by atoms with Gasteiger partial charge in [0.1, 0.15) is 0 Å². The molecule has 2 unspecified atom stereocenters. The average Bonchev–Trinajstić information content (AvgIpc) is 2.44. The smallest absolute Gasteiger partial charge is 0.321 e. The van der Waals surface area contributed by atoms with E-state index in [1.807, 2.05) is 19.1 Å². The van der Waals surface area contributed by atoms with Crippen LogP contribution in [0.1, 0.15) is 31.2 Å². The first-order chi connectivity index (χ1) is 9.97. The number of nitrogens with zero attached hydrogens (tertiary/aromatic N) is 1. The highest BCUT2D eigenvalue weighted by atomic mass is 35.5. The van der Waals surface area contributed by atoms with Gasteiger partial charge in [0, 0.05) is 19.5 Å². The van der Waals surface area contributed by atoms with Gasteiger partial charge in [0.05, 0.1) is 16.8 Å². The lowest BCUT2D eigenvalue weighted by atomic mass is 9.86. The van der Waals surface area contributed by atoms with E-state index in [0.717, 1.165) is 31.2 Å². The van der Waals surface area contributed by atoms with Crippen molar-refractivity contribution in [3.63, 3.8) is 0 Å². The van der Waals surface area contributed by atoms with Crippen LogP contribution in [0.5, 0.6) is 0 Å². The predicted molar refractivity (Wildman–Crippen MR) is 85.8 cm³/mol. The van der Waals surface area contributed by atoms with Gasteiger partial charge in [0.15, 0.2) is 0 Å². The van der Waals surface area contributed by atoms with Crippen molar-refractivity contribution in [2.75, 3.05) is 18.9 Å². The molecule has 0 spiro atoms. The van der Waals surface area contributed by atoms with Crippen LogP contribution in [0.4, 0.5) is 10.5 Å². The summed E-state index contributed by atoms with van der Waals surface area (Å²) in [5.74, 6) is 0.169. The molecule has 2 atom stereocenters. The van der Waals surface area contributed by atoms with Gasteiger partial charge in [0.25, 0.3) is 0 Å². The number of anilines is 1. The van der Waals surface area contributed by atoms with Crippen molar-refractivity contribution in [3.05, 3.63) is 28.8 Å². The van der Waals surface area contributed by atoms with E-state index in [2.05, 4.69) is 5.32 Å². The summed E-state index contributed by atoms with van der Waals surface area (Å²) < 4.78 is 0. The van der Waals surface area contributed by atoms with Gasteiger partial charge in [0.2, 0.25) is 0 Å². The van der Waals surface area contributed by atoms with Crippen LogP contribution in [0.2, 0.25) is 5.02 Å². The zero-order valence-corrected chi connectivity index (χ0v) is 13.4. The predicted octanol–water partition coefficient (Wildman–Crippen LogP) is 3.66. The fourth-order valence-electron chi connectivity index (χ4n) is 2.77. The van der Waals surface area contributed by atoms with Crippen molar-refractivity contribution in [1.82, 2.24) is 4.90 Å². The molecule has 0 bridgehead atoms. The van der Waals surface area contributed by atoms with E-state index in [1.165, 1.54) is 0 Å². The Balaban J connectivity index is 1.92. The topological polar surface area (TPSA) is 52.6 Å². The quantitative estimate of drug-likeness (QED) is 0.895. The molecule has 0 radical (unpaired) electrons. The summed E-state index contributed by atoms with van der Waals surface area (Å²) >= 11 is 6.12. The molecule has 2 N–H and O–H groups in total. The lowest BCUT2D eigenvalue weighted by Gasteiger charge is -2.31. The minimum Gasteiger partial charge on any atom is -0.393 e. The van der Waals surface area contributed by atoms with Gasteiger partial charge in [-0.1, -0.05) is 30.5 Å². The van der Waals surface area contributed by atoms with Crippen LogP contribution in [-0.2, 0) is 0 Å². The Kier molecular flexibility index (Phi) is 5.48. The SMILES string of the molecule is Cc1ccc(NC(=O)N(C)CC2CCCCC2O)c(Cl)c1. The Morgan fingerprint density at radius 2 is 2.14 bits per heavy atom. The highest BCUT2D eigenvalue weighted by Crippen LogP contribution is 2.26. The first kappa shape index (κ1) is 16.1. The van der Waals surface area contributed by atoms with Gasteiger partial charge < -0.3 is 15.3 Å². The summed E-state index contributed by atoms with van der Waals surface area (Å²) in [6, 6.07) is 5.34. The molecule has 21 heavy (non-hydrogen) atoms. The number of hydrogen-bond acceptors (Lipinski definition) is 2. The number of hydrogen-bond donors (Lipinski definition) is 2. The molecule has 0 aliphatic heterocycles. The molecule has 0 aromatic heterocycles. The highest BCUT2D eigenvalue weighted by molar-refractivity contribution is 6.33. The first-order valence-electron chi connectivity index (χ1n) is 7.43. The molecule has 4 nitrogen and oxygen atoms in total. The van der Waals surface area contributed by atoms with E-state index in [1.54, 1.807) is 18.0 Å². The molecular weight excluding hydrogens is 288 g/mol. The third-order valence-corrected chi connectivity index (χ3v) is 4.40. The van der Waals surface area contributed by atoms with Crippen molar-refractivity contribution >= 4 is 23.3 Å². The maximum absolute atomic E-state index is 12.2. The first-order valence-corrected chi connectivity index (χ1v) is 7.81. The second kappa shape index (κ2) is 7.14. The van der Waals surface area contributed by atoms with Gasteiger partial charge in [-0.05, 0) is 37.5 Å². The van der Waals surface area contributed by atoms with Crippen LogP contribution in [-0.4, -0.2) is 35.7 Å². The van der Waals surface area contributed by atoms with E-state index in [4.69, 9.17) is 11.6 Å². The average molecular weight is 311 g/mol. The molecule has 1 saturated carbocycles. The Labute approximate surface area is 131 Å². The molecule has 2 amide bonds. The number of aryl methyl sites for hydroxylation is 1. The molecule has 1 aliphatic carbocycles. The summed E-state index contributed by atoms with van der Waals surface area (Å²) in [5, 5.41) is 13.3. The van der Waals surface area contributed by atoms with Crippen LogP contribution in [0, 0.1) is 12.8 Å². The van der Waals surface area contributed by atoms with Gasteiger partial charge in [-0.15, -0.1) is 0 Å². The number of carbonyl (C=O) groups is 1. The summed E-state index contributed by atoms with van der Waals surface area (Å²) in [7, 11) is 1.75. The third kappa shape index (κ3) is 4.35. The fraction of sp³-hybridized carbons (Fsp3) is 0.562. The van der Waals surface area contributed by atoms with E-state index < -0.39 is 0 Å². The summed E-state index contributed by atoms with van der Waals surface area (Å²) in [5.41, 5.74) is 1.67. The molecule has 1 fully saturated rings. The number of carbonyl (C=O) groups excluding carboxylic acids is 1. The third-order valence-electron chi connectivity index (χ3n) is 4.09. The highest BCUT2D eigenvalue weighted by Gasteiger charge is 2.25. The number of rotatable bonds is 3. The van der Waals surface area contributed by atoms with Gasteiger partial charge in [-0.25, -0.2) is 4.79 Å². The number of aliphatic hydroxyl groups is 1. The lowest BCUT2D eigenvalue weighted by Crippen LogP contribution is -2.40. The van der Waals surface area contributed by atoms with E-state index in [0.29, 0.717) is 17.3 Å². The van der Waals surface area contributed by atoms with E-state index >= 15 is 0 Å². The monoisotopic (exact) mass is 310 g/mol. The molecule has 1 aliphatic rings. The summed E-state index contributed by atoms with van der Waals surface area (Å²) in [4.78, 5) is 13.8. The van der Waals surface area contributed by atoms with E-state index in [9.17, 15) is 9.90 Å². The van der Waals surface area contributed by atoms with Gasteiger partial charge in [-0.3, -0.25) is 0 Å². The normalized spacial score (nSPS) is 21.9. The fourth-order valence-corrected chi connectivity index (χ4v) is 3.05. The van der Waals surface area contributed by atoms with Gasteiger partial charge in [-0.2, -0.15) is 0 Å². The molecule has 0 heterocycles. The number of aliphatic hydroxyl groups excluding tert-OH is 1. The number of nitrogens with one attached hydrogen (secondary N) is 1. The molecule has 1 aromatic rings. The van der Waals surface area contributed by atoms with Crippen LogP contribution < -0.4 is 5.32 Å². The minimum absolute atomic E-state index is 0.169. The maximum Gasteiger partial charge on any atom is 0.321 e. The lowest BCUT2D eigenvalue weighted by molar-refractivity contribution is 0.0575. The van der Waals surface area contributed by atoms with Crippen molar-refractivity contribution in [3.8, 4) is 0 Å². The summed E-state index contributed by atoms with van der Waals surface area (Å²) in [6.45, 7) is 2.52. The Morgan fingerprint density at radius 1 is 1.43 bits per heavy atom. The number of urea groups is 1. The number of benzene rings is 1. The van der Waals surface area contributed by atoms with Crippen LogP contribution >= 0.6 is 11.6 Å². The standard InChI is InChI=1S/C16H23ClN2O2/c1-11-7-8-14(13(17)9-11)18-16(21)19(2)10-12-5-3-4-6-15(12)20/h7-9,12,15,20H,3-6,10H2,1-2H3,(H,18,21). The van der Waals surface area contributed by atoms with Crippen molar-refractivity contribution < 1.29 is 9.90 Å². The van der Waals surface area contributed by atoms with Crippen LogP contribution in [0.25, 0.3) is 0 Å². The van der Waals surface area contributed by atoms with Crippen molar-refractivity contribution in [1.29, 1.82) is 0 Å². The Bertz CT molecular complexity index is 507. The van der Waals surface area contributed by atoms with E-state index in [-0.39, 0.29) is 18.1 Å². The van der Waals surface area contributed by atoms with Crippen LogP contribution in [0.15, 0.2) is 18.2 Å². The number of halogens is 1.